The van der Waals surface area contributed by atoms with Gasteiger partial charge < -0.3 is 9.32 Å². The third-order valence-electron chi connectivity index (χ3n) is 9.54. The molecule has 9 rings (SSSR count). The molecule has 9 aromatic rings. The van der Waals surface area contributed by atoms with Crippen molar-refractivity contribution in [1.82, 2.24) is 0 Å². The largest absolute Gasteiger partial charge is 0.456 e. The van der Waals surface area contributed by atoms with Gasteiger partial charge in [0.25, 0.3) is 0 Å². The predicted octanol–water partition coefficient (Wildman–Crippen LogP) is 11.3. The summed E-state index contributed by atoms with van der Waals surface area (Å²) in [7, 11) is 0. The second-order valence-electron chi connectivity index (χ2n) is 12.2. The molecule has 2 heteroatoms. The molecule has 1 heterocycles. The standard InChI is InChI=1S/C46H31NO/c1-3-41(33-18-8-7-15-30(33)2)47(32-16-5-4-6-17-32)42-23-13-11-19-34(42)31-25-26-36-35-20-9-10-21-37(35)45-38(40(36)29-31)27-28-44-46(45)39-22-12-14-24-43(39)48-44/h3-29H,1-2H2/b41-33+. The molecule has 0 saturated carbocycles. The third kappa shape index (κ3) is 4.27. The van der Waals surface area contributed by atoms with Crippen LogP contribution in [0.15, 0.2) is 175 Å². The Morgan fingerprint density at radius 3 is 2.00 bits per heavy atom. The van der Waals surface area contributed by atoms with Gasteiger partial charge in [-0.15, -0.1) is 0 Å². The fourth-order valence-electron chi connectivity index (χ4n) is 7.42. The highest BCUT2D eigenvalue weighted by molar-refractivity contribution is 6.34. The molecule has 0 aliphatic heterocycles. The van der Waals surface area contributed by atoms with Crippen LogP contribution in [0.5, 0.6) is 0 Å². The van der Waals surface area contributed by atoms with Crippen LogP contribution in [0, 0.1) is 0 Å². The minimum Gasteiger partial charge on any atom is -0.456 e. The van der Waals surface area contributed by atoms with Gasteiger partial charge in [0.15, 0.2) is 0 Å². The van der Waals surface area contributed by atoms with Crippen molar-refractivity contribution in [3.63, 3.8) is 0 Å². The first-order chi connectivity index (χ1) is 23.7. The number of benzene rings is 8. The van der Waals surface area contributed by atoms with Gasteiger partial charge in [0, 0.05) is 32.6 Å². The van der Waals surface area contributed by atoms with E-state index in [-0.39, 0.29) is 0 Å². The second kappa shape index (κ2) is 11.2. The normalized spacial score (nSPS) is 12.2. The maximum atomic E-state index is 6.36. The third-order valence-corrected chi connectivity index (χ3v) is 9.54. The van der Waals surface area contributed by atoms with Gasteiger partial charge in [-0.1, -0.05) is 128 Å². The van der Waals surface area contributed by atoms with Gasteiger partial charge in [-0.3, -0.25) is 0 Å². The van der Waals surface area contributed by atoms with Gasteiger partial charge in [-0.2, -0.15) is 0 Å². The van der Waals surface area contributed by atoms with E-state index in [0.29, 0.717) is 0 Å². The molecule has 0 spiro atoms. The SMILES string of the molecule is C=C/C(=c1/ccccc1=C)N(c1ccccc1)c1ccccc1-c1ccc2c3ccccc3c3c(ccc4oc5ccccc5c43)c2c1. The molecule has 0 saturated heterocycles. The van der Waals surface area contributed by atoms with Gasteiger partial charge in [-0.25, -0.2) is 0 Å². The molecule has 2 nitrogen and oxygen atoms in total. The number of para-hydroxylation sites is 3. The van der Waals surface area contributed by atoms with Gasteiger partial charge in [0.2, 0.25) is 0 Å². The lowest BCUT2D eigenvalue weighted by molar-refractivity contribution is 0.669. The molecule has 48 heavy (non-hydrogen) atoms. The molecule has 0 atom stereocenters. The zero-order valence-corrected chi connectivity index (χ0v) is 26.4. The van der Waals surface area contributed by atoms with E-state index in [0.717, 1.165) is 55.2 Å². The van der Waals surface area contributed by atoms with Crippen LogP contribution in [0.25, 0.3) is 77.7 Å². The molecule has 8 aromatic carbocycles. The summed E-state index contributed by atoms with van der Waals surface area (Å²) in [6.07, 6.45) is 1.94. The van der Waals surface area contributed by atoms with E-state index in [1.165, 1.54) is 37.7 Å². The summed E-state index contributed by atoms with van der Waals surface area (Å²) in [5, 5.41) is 11.7. The Labute approximate surface area is 278 Å². The van der Waals surface area contributed by atoms with Crippen molar-refractivity contribution in [3.05, 3.63) is 181 Å². The first-order valence-corrected chi connectivity index (χ1v) is 16.2. The molecule has 0 aliphatic carbocycles. The number of rotatable bonds is 5. The molecule has 0 N–H and O–H groups in total. The lowest BCUT2D eigenvalue weighted by atomic mass is 9.90. The van der Waals surface area contributed by atoms with E-state index in [1.807, 2.05) is 24.3 Å². The fourth-order valence-corrected chi connectivity index (χ4v) is 7.42. The summed E-state index contributed by atoms with van der Waals surface area (Å²) in [6, 6.07) is 55.8. The average Bonchev–Trinajstić information content (AvgIpc) is 3.53. The summed E-state index contributed by atoms with van der Waals surface area (Å²) in [4.78, 5) is 2.30. The highest BCUT2D eigenvalue weighted by Gasteiger charge is 2.20. The summed E-state index contributed by atoms with van der Waals surface area (Å²) < 4.78 is 6.36. The Balaban J connectivity index is 1.36. The van der Waals surface area contributed by atoms with E-state index >= 15 is 0 Å². The lowest BCUT2D eigenvalue weighted by Crippen LogP contribution is -2.31. The minimum atomic E-state index is 0.908. The van der Waals surface area contributed by atoms with E-state index < -0.39 is 0 Å². The zero-order chi connectivity index (χ0) is 32.2. The topological polar surface area (TPSA) is 16.4 Å². The van der Waals surface area contributed by atoms with Crippen molar-refractivity contribution in [1.29, 1.82) is 0 Å². The van der Waals surface area contributed by atoms with Crippen LogP contribution in [-0.4, -0.2) is 0 Å². The zero-order valence-electron chi connectivity index (χ0n) is 26.4. The average molecular weight is 614 g/mol. The molecule has 0 aliphatic rings. The summed E-state index contributed by atoms with van der Waals surface area (Å²) in [6.45, 7) is 8.65. The maximum absolute atomic E-state index is 6.36. The Morgan fingerprint density at radius 1 is 0.521 bits per heavy atom. The van der Waals surface area contributed by atoms with Crippen LogP contribution >= 0.6 is 0 Å². The summed E-state index contributed by atoms with van der Waals surface area (Å²) in [5.74, 6) is 0. The first kappa shape index (κ1) is 27.9. The Kier molecular flexibility index (Phi) is 6.48. The smallest absolute Gasteiger partial charge is 0.136 e. The fraction of sp³-hybridized carbons (Fsp3) is 0. The van der Waals surface area contributed by atoms with Crippen LogP contribution in [0.4, 0.5) is 11.4 Å². The minimum absolute atomic E-state index is 0.908. The number of fused-ring (bicyclic) bond motifs is 10. The maximum Gasteiger partial charge on any atom is 0.136 e. The molecule has 0 fully saturated rings. The monoisotopic (exact) mass is 613 g/mol. The first-order valence-electron chi connectivity index (χ1n) is 16.2. The highest BCUT2D eigenvalue weighted by Crippen LogP contribution is 2.44. The Hall–Kier alpha value is -6.38. The molecule has 0 amide bonds. The van der Waals surface area contributed by atoms with E-state index in [1.54, 1.807) is 0 Å². The lowest BCUT2D eigenvalue weighted by Gasteiger charge is -2.29. The highest BCUT2D eigenvalue weighted by atomic mass is 16.3. The van der Waals surface area contributed by atoms with Gasteiger partial charge in [-0.05, 0) is 86.3 Å². The molecule has 1 aromatic heterocycles. The molecule has 0 radical (unpaired) electrons. The number of hydrogen-bond acceptors (Lipinski definition) is 2. The molecule has 0 bridgehead atoms. The summed E-state index contributed by atoms with van der Waals surface area (Å²) >= 11 is 0. The van der Waals surface area contributed by atoms with Crippen molar-refractivity contribution in [2.75, 3.05) is 4.90 Å². The van der Waals surface area contributed by atoms with Crippen molar-refractivity contribution >= 4 is 77.9 Å². The van der Waals surface area contributed by atoms with Crippen LogP contribution in [-0.2, 0) is 0 Å². The van der Waals surface area contributed by atoms with Crippen molar-refractivity contribution < 1.29 is 4.42 Å². The van der Waals surface area contributed by atoms with Crippen molar-refractivity contribution in [3.8, 4) is 11.1 Å². The van der Waals surface area contributed by atoms with Crippen molar-refractivity contribution in [2.24, 2.45) is 0 Å². The van der Waals surface area contributed by atoms with Crippen LogP contribution in [0.3, 0.4) is 0 Å². The second-order valence-corrected chi connectivity index (χ2v) is 12.2. The van der Waals surface area contributed by atoms with Crippen LogP contribution in [0.2, 0.25) is 0 Å². The molecular weight excluding hydrogens is 583 g/mol. The van der Waals surface area contributed by atoms with Crippen molar-refractivity contribution in [2.45, 2.75) is 0 Å². The number of furan rings is 1. The van der Waals surface area contributed by atoms with Crippen LogP contribution in [0.1, 0.15) is 0 Å². The summed E-state index contributed by atoms with van der Waals surface area (Å²) in [5.41, 5.74) is 7.17. The number of nitrogens with zero attached hydrogens (tertiary/aromatic N) is 1. The Bertz CT molecular complexity index is 2830. The van der Waals surface area contributed by atoms with Gasteiger partial charge in [0.1, 0.15) is 11.2 Å². The molecular formula is C46H31NO. The Morgan fingerprint density at radius 2 is 1.17 bits per heavy atom. The number of anilines is 2. The quantitative estimate of drug-likeness (QED) is 0.180. The molecule has 0 unspecified atom stereocenters. The predicted molar refractivity (Wildman–Crippen MR) is 205 cm³/mol. The molecule has 226 valence electrons. The number of hydrogen-bond donors (Lipinski definition) is 0. The van der Waals surface area contributed by atoms with E-state index in [4.69, 9.17) is 4.42 Å². The van der Waals surface area contributed by atoms with E-state index in [9.17, 15) is 0 Å². The van der Waals surface area contributed by atoms with E-state index in [2.05, 4.69) is 158 Å². The van der Waals surface area contributed by atoms with Gasteiger partial charge in [0.05, 0.1) is 11.4 Å². The van der Waals surface area contributed by atoms with Crippen LogP contribution < -0.4 is 15.3 Å². The van der Waals surface area contributed by atoms with Gasteiger partial charge >= 0.3 is 0 Å².